The zero-order valence-corrected chi connectivity index (χ0v) is 11.0. The molecule has 0 aliphatic carbocycles. The van der Waals surface area contributed by atoms with Crippen molar-refractivity contribution in [2.45, 2.75) is 6.54 Å². The highest BCUT2D eigenvalue weighted by Gasteiger charge is 2.03. The number of nitrogens with zero attached hydrogens (tertiary/aromatic N) is 1. The molecule has 3 nitrogen and oxygen atoms in total. The normalized spacial score (nSPS) is 11.1. The zero-order chi connectivity index (χ0) is 12.8. The first-order valence-electron chi connectivity index (χ1n) is 6.25. The van der Waals surface area contributed by atoms with Crippen LogP contribution in [0.15, 0.2) is 46.9 Å². The molecule has 0 fully saturated rings. The molecule has 2 aromatic rings. The van der Waals surface area contributed by atoms with Crippen molar-refractivity contribution in [3.63, 3.8) is 0 Å². The average molecular weight is 244 g/mol. The Morgan fingerprint density at radius 2 is 1.83 bits per heavy atom. The van der Waals surface area contributed by atoms with Crippen LogP contribution in [0.25, 0.3) is 11.3 Å². The van der Waals surface area contributed by atoms with Gasteiger partial charge in [0.05, 0.1) is 6.54 Å². The van der Waals surface area contributed by atoms with Crippen molar-refractivity contribution in [1.82, 2.24) is 10.2 Å². The van der Waals surface area contributed by atoms with Crippen molar-refractivity contribution in [1.29, 1.82) is 0 Å². The second-order valence-corrected chi connectivity index (χ2v) is 4.61. The van der Waals surface area contributed by atoms with E-state index in [2.05, 4.69) is 36.4 Å². The van der Waals surface area contributed by atoms with E-state index in [1.54, 1.807) is 0 Å². The molecule has 0 spiro atoms. The van der Waals surface area contributed by atoms with Crippen LogP contribution in [0.5, 0.6) is 0 Å². The second kappa shape index (κ2) is 6.38. The van der Waals surface area contributed by atoms with Crippen LogP contribution in [0.2, 0.25) is 0 Å². The summed E-state index contributed by atoms with van der Waals surface area (Å²) in [5, 5.41) is 3.36. The number of rotatable bonds is 6. The Morgan fingerprint density at radius 3 is 2.56 bits per heavy atom. The predicted octanol–water partition coefficient (Wildman–Crippen LogP) is 2.60. The lowest BCUT2D eigenvalue weighted by Crippen LogP contribution is -2.25. The maximum atomic E-state index is 5.80. The molecule has 0 atom stereocenters. The van der Waals surface area contributed by atoms with E-state index in [0.717, 1.165) is 36.7 Å². The highest BCUT2D eigenvalue weighted by Crippen LogP contribution is 2.21. The van der Waals surface area contributed by atoms with E-state index >= 15 is 0 Å². The van der Waals surface area contributed by atoms with Crippen molar-refractivity contribution >= 4 is 0 Å². The largest absolute Gasteiger partial charge is 0.460 e. The SMILES string of the molecule is CN(C)CCNCc1ccc(-c2ccccc2)o1. The van der Waals surface area contributed by atoms with Crippen molar-refractivity contribution in [2.24, 2.45) is 0 Å². The van der Waals surface area contributed by atoms with Crippen molar-refractivity contribution in [3.05, 3.63) is 48.2 Å². The maximum absolute atomic E-state index is 5.80. The zero-order valence-electron chi connectivity index (χ0n) is 11.0. The lowest BCUT2D eigenvalue weighted by molar-refractivity contribution is 0.392. The first kappa shape index (κ1) is 12.9. The third-order valence-electron chi connectivity index (χ3n) is 2.75. The smallest absolute Gasteiger partial charge is 0.134 e. The van der Waals surface area contributed by atoms with E-state index in [4.69, 9.17) is 4.42 Å². The molecule has 0 saturated heterocycles. The fourth-order valence-electron chi connectivity index (χ4n) is 1.74. The highest BCUT2D eigenvalue weighted by atomic mass is 16.3. The van der Waals surface area contributed by atoms with Crippen LogP contribution in [0.3, 0.4) is 0 Å². The summed E-state index contributed by atoms with van der Waals surface area (Å²) in [7, 11) is 4.14. The Labute approximate surface area is 108 Å². The van der Waals surface area contributed by atoms with Crippen LogP contribution in [0.4, 0.5) is 0 Å². The second-order valence-electron chi connectivity index (χ2n) is 4.61. The number of likely N-dealkylation sites (N-methyl/N-ethyl adjacent to an activating group) is 1. The van der Waals surface area contributed by atoms with Gasteiger partial charge in [0.2, 0.25) is 0 Å². The topological polar surface area (TPSA) is 28.4 Å². The van der Waals surface area contributed by atoms with Gasteiger partial charge in [-0.15, -0.1) is 0 Å². The summed E-state index contributed by atoms with van der Waals surface area (Å²) >= 11 is 0. The Balaban J connectivity index is 1.87. The van der Waals surface area contributed by atoms with Gasteiger partial charge in [0.15, 0.2) is 0 Å². The Hall–Kier alpha value is -1.58. The fourth-order valence-corrected chi connectivity index (χ4v) is 1.74. The van der Waals surface area contributed by atoms with Gasteiger partial charge in [-0.1, -0.05) is 30.3 Å². The van der Waals surface area contributed by atoms with E-state index in [9.17, 15) is 0 Å². The lowest BCUT2D eigenvalue weighted by atomic mass is 10.2. The third-order valence-corrected chi connectivity index (χ3v) is 2.75. The van der Waals surface area contributed by atoms with Gasteiger partial charge >= 0.3 is 0 Å². The molecule has 2 rings (SSSR count). The summed E-state index contributed by atoms with van der Waals surface area (Å²) in [6.45, 7) is 2.78. The van der Waals surface area contributed by atoms with Crippen molar-refractivity contribution in [2.75, 3.05) is 27.2 Å². The number of hydrogen-bond donors (Lipinski definition) is 1. The standard InChI is InChI=1S/C15H20N2O/c1-17(2)11-10-16-12-14-8-9-15(18-14)13-6-4-3-5-7-13/h3-9,16H,10-12H2,1-2H3. The molecule has 0 saturated carbocycles. The molecule has 0 radical (unpaired) electrons. The predicted molar refractivity (Wildman–Crippen MR) is 74.4 cm³/mol. The van der Waals surface area contributed by atoms with Gasteiger partial charge < -0.3 is 14.6 Å². The van der Waals surface area contributed by atoms with Crippen molar-refractivity contribution < 1.29 is 4.42 Å². The molecular weight excluding hydrogens is 224 g/mol. The van der Waals surface area contributed by atoms with E-state index < -0.39 is 0 Å². The number of nitrogens with one attached hydrogen (secondary N) is 1. The van der Waals surface area contributed by atoms with Gasteiger partial charge in [0, 0.05) is 18.7 Å². The number of benzene rings is 1. The number of furan rings is 1. The summed E-state index contributed by atoms with van der Waals surface area (Å²) < 4.78 is 5.80. The molecule has 0 aliphatic rings. The summed E-state index contributed by atoms with van der Waals surface area (Å²) in [6.07, 6.45) is 0. The van der Waals surface area contributed by atoms with Crippen LogP contribution in [0.1, 0.15) is 5.76 Å². The first-order chi connectivity index (χ1) is 8.75. The van der Waals surface area contributed by atoms with Crippen LogP contribution >= 0.6 is 0 Å². The summed E-state index contributed by atoms with van der Waals surface area (Å²) in [6, 6.07) is 14.2. The van der Waals surface area contributed by atoms with Gasteiger partial charge in [0.1, 0.15) is 11.5 Å². The molecular formula is C15H20N2O. The minimum atomic E-state index is 0.778. The van der Waals surface area contributed by atoms with E-state index in [0.29, 0.717) is 0 Å². The molecule has 0 bridgehead atoms. The van der Waals surface area contributed by atoms with Crippen LogP contribution < -0.4 is 5.32 Å². The quantitative estimate of drug-likeness (QED) is 0.792. The fraction of sp³-hybridized carbons (Fsp3) is 0.333. The van der Waals surface area contributed by atoms with Gasteiger partial charge in [-0.25, -0.2) is 0 Å². The van der Waals surface area contributed by atoms with Crippen LogP contribution in [0, 0.1) is 0 Å². The highest BCUT2D eigenvalue weighted by molar-refractivity contribution is 5.57. The molecule has 3 heteroatoms. The summed E-state index contributed by atoms with van der Waals surface area (Å²) in [4.78, 5) is 2.16. The molecule has 18 heavy (non-hydrogen) atoms. The molecule has 1 aromatic carbocycles. The van der Waals surface area contributed by atoms with E-state index in [1.165, 1.54) is 0 Å². The molecule has 1 heterocycles. The Kier molecular flexibility index (Phi) is 4.56. The first-order valence-corrected chi connectivity index (χ1v) is 6.25. The monoisotopic (exact) mass is 244 g/mol. The summed E-state index contributed by atoms with van der Waals surface area (Å²) in [5.74, 6) is 1.91. The van der Waals surface area contributed by atoms with Crippen molar-refractivity contribution in [3.8, 4) is 11.3 Å². The minimum Gasteiger partial charge on any atom is -0.460 e. The molecule has 1 N–H and O–H groups in total. The van der Waals surface area contributed by atoms with Gasteiger partial charge in [-0.2, -0.15) is 0 Å². The Morgan fingerprint density at radius 1 is 1.06 bits per heavy atom. The minimum absolute atomic E-state index is 0.778. The number of hydrogen-bond acceptors (Lipinski definition) is 3. The average Bonchev–Trinajstić information content (AvgIpc) is 2.84. The van der Waals surface area contributed by atoms with E-state index in [-0.39, 0.29) is 0 Å². The maximum Gasteiger partial charge on any atom is 0.134 e. The molecule has 1 aromatic heterocycles. The van der Waals surface area contributed by atoms with Crippen LogP contribution in [-0.4, -0.2) is 32.1 Å². The van der Waals surface area contributed by atoms with Gasteiger partial charge in [-0.3, -0.25) is 0 Å². The van der Waals surface area contributed by atoms with Gasteiger partial charge in [0.25, 0.3) is 0 Å². The summed E-state index contributed by atoms with van der Waals surface area (Å²) in [5.41, 5.74) is 1.12. The Bertz CT molecular complexity index is 462. The molecule has 0 amide bonds. The van der Waals surface area contributed by atoms with Gasteiger partial charge in [-0.05, 0) is 26.2 Å². The molecule has 0 aliphatic heterocycles. The molecule has 96 valence electrons. The molecule has 0 unspecified atom stereocenters. The van der Waals surface area contributed by atoms with E-state index in [1.807, 2.05) is 30.3 Å². The van der Waals surface area contributed by atoms with Crippen LogP contribution in [-0.2, 0) is 6.54 Å². The third kappa shape index (κ3) is 3.72. The lowest BCUT2D eigenvalue weighted by Gasteiger charge is -2.09.